The van der Waals surface area contributed by atoms with Gasteiger partial charge < -0.3 is 12.3 Å². The van der Waals surface area contributed by atoms with Crippen LogP contribution in [0, 0.1) is 12.3 Å². The van der Waals surface area contributed by atoms with E-state index in [9.17, 15) is 0 Å². The van der Waals surface area contributed by atoms with Crippen molar-refractivity contribution in [1.29, 1.82) is 0 Å². The van der Waals surface area contributed by atoms with E-state index in [0.29, 0.717) is 0 Å². The third-order valence-corrected chi connectivity index (χ3v) is 2.41. The van der Waals surface area contributed by atoms with Gasteiger partial charge in [-0.3, -0.25) is 0 Å². The molecule has 0 radical (unpaired) electrons. The largest absolute Gasteiger partial charge is 1.00 e. The fraction of sp³-hybridized carbons (Fsp3) is 0.846. The zero-order valence-corrected chi connectivity index (χ0v) is 10.1. The van der Waals surface area contributed by atoms with E-state index in [4.69, 9.17) is 6.42 Å². The minimum Gasteiger partial charge on any atom is -0.694 e. The molecule has 0 atom stereocenters. The van der Waals surface area contributed by atoms with Crippen LogP contribution in [-0.4, -0.2) is 0 Å². The number of rotatable bonds is 9. The zero-order chi connectivity index (χ0) is 9.78. The van der Waals surface area contributed by atoms with Gasteiger partial charge in [0.15, 0.2) is 0 Å². The van der Waals surface area contributed by atoms with Gasteiger partial charge in [0.1, 0.15) is 0 Å². The summed E-state index contributed by atoms with van der Waals surface area (Å²) in [6.07, 6.45) is 19.8. The van der Waals surface area contributed by atoms with Crippen molar-refractivity contribution >= 4 is 0 Å². The molecule has 0 heterocycles. The fourth-order valence-electron chi connectivity index (χ4n) is 1.52. The minimum atomic E-state index is 0. The van der Waals surface area contributed by atoms with Gasteiger partial charge in [-0.15, -0.1) is 0 Å². The monoisotopic (exact) mass is 186 g/mol. The summed E-state index contributed by atoms with van der Waals surface area (Å²) in [7, 11) is 0. The van der Waals surface area contributed by atoms with Crippen LogP contribution in [0.1, 0.15) is 71.1 Å². The van der Waals surface area contributed by atoms with E-state index in [1.54, 1.807) is 0 Å². The van der Waals surface area contributed by atoms with E-state index in [0.717, 1.165) is 6.42 Å². The van der Waals surface area contributed by atoms with Gasteiger partial charge in [-0.2, -0.15) is 0 Å². The Morgan fingerprint density at radius 2 is 1.21 bits per heavy atom. The molecule has 0 unspecified atom stereocenters. The molecule has 0 fully saturated rings. The van der Waals surface area contributed by atoms with Crippen LogP contribution in [0.2, 0.25) is 0 Å². The van der Waals surface area contributed by atoms with Crippen LogP contribution >= 0.6 is 0 Å². The van der Waals surface area contributed by atoms with Crippen LogP contribution in [0.5, 0.6) is 0 Å². The normalized spacial score (nSPS) is 9.14. The second-order valence-corrected chi connectivity index (χ2v) is 3.76. The first-order valence-electron chi connectivity index (χ1n) is 5.81. The van der Waals surface area contributed by atoms with Crippen molar-refractivity contribution in [3.63, 3.8) is 0 Å². The second-order valence-electron chi connectivity index (χ2n) is 3.76. The molecule has 0 saturated heterocycles. The number of hydrogen-bond donors (Lipinski definition) is 0. The van der Waals surface area contributed by atoms with Gasteiger partial charge in [0.25, 0.3) is 0 Å². The standard InChI is InChI=1S/C13H23.Li/c1-3-5-7-9-11-13-12-10-8-6-4-2;/h3,5-13H2,1H3;/q-1;+1. The van der Waals surface area contributed by atoms with Crippen LogP contribution in [0.3, 0.4) is 0 Å². The van der Waals surface area contributed by atoms with E-state index < -0.39 is 0 Å². The summed E-state index contributed by atoms with van der Waals surface area (Å²) in [5, 5.41) is 0. The molecule has 0 saturated carbocycles. The average Bonchev–Trinajstić information content (AvgIpc) is 2.16. The molecule has 0 rings (SSSR count). The van der Waals surface area contributed by atoms with Crippen LogP contribution < -0.4 is 18.9 Å². The SMILES string of the molecule is [C-]#CCCCCCCCCCCC.[Li+]. The van der Waals surface area contributed by atoms with Gasteiger partial charge in [-0.1, -0.05) is 58.3 Å². The third-order valence-electron chi connectivity index (χ3n) is 2.41. The van der Waals surface area contributed by atoms with Crippen molar-refractivity contribution in [2.75, 3.05) is 0 Å². The molecule has 0 bridgehead atoms. The Morgan fingerprint density at radius 3 is 1.64 bits per heavy atom. The molecule has 0 amide bonds. The molecule has 0 aromatic carbocycles. The molecule has 0 aliphatic carbocycles. The van der Waals surface area contributed by atoms with Crippen molar-refractivity contribution in [3.05, 3.63) is 6.42 Å². The molecule has 0 aliphatic heterocycles. The molecule has 0 nitrogen and oxygen atoms in total. The topological polar surface area (TPSA) is 0 Å². The van der Waals surface area contributed by atoms with Crippen molar-refractivity contribution in [1.82, 2.24) is 0 Å². The Labute approximate surface area is 102 Å². The molecule has 1 heteroatoms. The molecule has 0 N–H and O–H groups in total. The van der Waals surface area contributed by atoms with Crippen molar-refractivity contribution in [2.24, 2.45) is 0 Å². The Balaban J connectivity index is 0. The van der Waals surface area contributed by atoms with Crippen molar-refractivity contribution < 1.29 is 18.9 Å². The van der Waals surface area contributed by atoms with E-state index in [2.05, 4.69) is 12.8 Å². The summed E-state index contributed by atoms with van der Waals surface area (Å²) in [4.78, 5) is 0. The predicted octanol–water partition coefficient (Wildman–Crippen LogP) is 1.50. The maximum absolute atomic E-state index is 6.75. The first-order chi connectivity index (χ1) is 6.41. The van der Waals surface area contributed by atoms with E-state index in [-0.39, 0.29) is 18.9 Å². The summed E-state index contributed by atoms with van der Waals surface area (Å²) < 4.78 is 0. The van der Waals surface area contributed by atoms with Crippen LogP contribution in [0.25, 0.3) is 0 Å². The quantitative estimate of drug-likeness (QED) is 0.221. The summed E-state index contributed by atoms with van der Waals surface area (Å²) >= 11 is 0. The third kappa shape index (κ3) is 14.7. The maximum atomic E-state index is 6.75. The first kappa shape index (κ1) is 16.6. The molecule has 0 spiro atoms. The molecular formula is C13H23Li. The van der Waals surface area contributed by atoms with Gasteiger partial charge in [0, 0.05) is 0 Å². The molecule has 0 aromatic heterocycles. The molecule has 0 aromatic rings. The number of hydrogen-bond acceptors (Lipinski definition) is 0. The van der Waals surface area contributed by atoms with Crippen molar-refractivity contribution in [2.45, 2.75) is 71.1 Å². The van der Waals surface area contributed by atoms with Crippen LogP contribution in [-0.2, 0) is 0 Å². The first-order valence-corrected chi connectivity index (χ1v) is 5.81. The summed E-state index contributed by atoms with van der Waals surface area (Å²) in [6, 6.07) is 0. The molecule has 0 aliphatic rings. The predicted molar refractivity (Wildman–Crippen MR) is 59.0 cm³/mol. The van der Waals surface area contributed by atoms with Gasteiger partial charge >= 0.3 is 18.9 Å². The number of unbranched alkanes of at least 4 members (excludes halogenated alkanes) is 9. The Kier molecular flexibility index (Phi) is 18.5. The fourth-order valence-corrected chi connectivity index (χ4v) is 1.52. The Hall–Kier alpha value is 0.157. The van der Waals surface area contributed by atoms with E-state index >= 15 is 0 Å². The maximum Gasteiger partial charge on any atom is 1.00 e. The van der Waals surface area contributed by atoms with Gasteiger partial charge in [-0.25, -0.2) is 0 Å². The second kappa shape index (κ2) is 15.6. The molecule has 14 heavy (non-hydrogen) atoms. The van der Waals surface area contributed by atoms with E-state index in [1.165, 1.54) is 57.8 Å². The van der Waals surface area contributed by atoms with Gasteiger partial charge in [-0.05, 0) is 12.8 Å². The van der Waals surface area contributed by atoms with E-state index in [1.807, 2.05) is 0 Å². The Bertz CT molecular complexity index is 124. The summed E-state index contributed by atoms with van der Waals surface area (Å²) in [5.41, 5.74) is 0. The summed E-state index contributed by atoms with van der Waals surface area (Å²) in [5.74, 6) is 2.44. The van der Waals surface area contributed by atoms with Crippen molar-refractivity contribution in [3.8, 4) is 5.92 Å². The Morgan fingerprint density at radius 1 is 0.786 bits per heavy atom. The smallest absolute Gasteiger partial charge is 0.694 e. The summed E-state index contributed by atoms with van der Waals surface area (Å²) in [6.45, 7) is 2.26. The van der Waals surface area contributed by atoms with Crippen LogP contribution in [0.4, 0.5) is 0 Å². The van der Waals surface area contributed by atoms with Crippen LogP contribution in [0.15, 0.2) is 0 Å². The van der Waals surface area contributed by atoms with Gasteiger partial charge in [0.2, 0.25) is 0 Å². The zero-order valence-electron chi connectivity index (χ0n) is 10.1. The molecular weight excluding hydrogens is 163 g/mol. The minimum absolute atomic E-state index is 0. The molecule has 76 valence electrons. The average molecular weight is 186 g/mol. The van der Waals surface area contributed by atoms with Gasteiger partial charge in [0.05, 0.1) is 0 Å².